The van der Waals surface area contributed by atoms with Crippen molar-refractivity contribution in [3.8, 4) is 0 Å². The molecule has 1 atom stereocenters. The van der Waals surface area contributed by atoms with Crippen LogP contribution < -0.4 is 0 Å². The summed E-state index contributed by atoms with van der Waals surface area (Å²) in [5.74, 6) is -0.945. The molecular weight excluding hydrogens is 769 g/mol. The molecular formula is C56H98O6. The van der Waals surface area contributed by atoms with Crippen molar-refractivity contribution in [1.82, 2.24) is 0 Å². The smallest absolute Gasteiger partial charge is 0.306 e. The highest BCUT2D eigenvalue weighted by Gasteiger charge is 2.19. The maximum atomic E-state index is 12.8. The van der Waals surface area contributed by atoms with Crippen LogP contribution in [0, 0.1) is 0 Å². The Kier molecular flexibility index (Phi) is 48.4. The summed E-state index contributed by atoms with van der Waals surface area (Å²) in [6.07, 6.45) is 62.0. The fourth-order valence-corrected chi connectivity index (χ4v) is 7.20. The molecule has 62 heavy (non-hydrogen) atoms. The molecule has 6 nitrogen and oxygen atoms in total. The average molecular weight is 867 g/mol. The second-order valence-corrected chi connectivity index (χ2v) is 17.4. The number of carbonyl (C=O) groups is 3. The quantitative estimate of drug-likeness (QED) is 0.0262. The Morgan fingerprint density at radius 2 is 0.581 bits per heavy atom. The van der Waals surface area contributed by atoms with E-state index in [9.17, 15) is 14.4 Å². The van der Waals surface area contributed by atoms with E-state index in [2.05, 4.69) is 81.5 Å². The van der Waals surface area contributed by atoms with Gasteiger partial charge in [0.2, 0.25) is 0 Å². The third kappa shape index (κ3) is 48.1. The number of hydrogen-bond acceptors (Lipinski definition) is 6. The summed E-state index contributed by atoms with van der Waals surface area (Å²) in [7, 11) is 0. The normalized spacial score (nSPS) is 12.5. The van der Waals surface area contributed by atoms with Gasteiger partial charge >= 0.3 is 17.9 Å². The van der Waals surface area contributed by atoms with Crippen molar-refractivity contribution in [1.29, 1.82) is 0 Å². The topological polar surface area (TPSA) is 78.9 Å². The van der Waals surface area contributed by atoms with Gasteiger partial charge in [-0.05, 0) is 109 Å². The van der Waals surface area contributed by atoms with Crippen LogP contribution in [-0.4, -0.2) is 37.2 Å². The summed E-state index contributed by atoms with van der Waals surface area (Å²) in [5.41, 5.74) is 0. The molecule has 358 valence electrons. The van der Waals surface area contributed by atoms with Gasteiger partial charge in [-0.3, -0.25) is 14.4 Å². The Morgan fingerprint density at radius 1 is 0.323 bits per heavy atom. The number of rotatable bonds is 47. The van der Waals surface area contributed by atoms with Crippen molar-refractivity contribution in [2.75, 3.05) is 13.2 Å². The first-order chi connectivity index (χ1) is 30.5. The van der Waals surface area contributed by atoms with E-state index >= 15 is 0 Å². The monoisotopic (exact) mass is 867 g/mol. The number of hydrogen-bond donors (Lipinski definition) is 0. The number of carbonyl (C=O) groups excluding carboxylic acids is 3. The van der Waals surface area contributed by atoms with Gasteiger partial charge < -0.3 is 14.2 Å². The van der Waals surface area contributed by atoms with Crippen LogP contribution in [0.3, 0.4) is 0 Å². The lowest BCUT2D eigenvalue weighted by Crippen LogP contribution is -2.30. The lowest BCUT2D eigenvalue weighted by Gasteiger charge is -2.18. The first-order valence-corrected chi connectivity index (χ1v) is 26.3. The van der Waals surface area contributed by atoms with Crippen LogP contribution in [0.4, 0.5) is 0 Å². The van der Waals surface area contributed by atoms with Crippen LogP contribution in [0.25, 0.3) is 0 Å². The van der Waals surface area contributed by atoms with Gasteiger partial charge in [0.05, 0.1) is 0 Å². The molecule has 0 aromatic carbocycles. The van der Waals surface area contributed by atoms with Crippen molar-refractivity contribution in [3.05, 3.63) is 60.8 Å². The lowest BCUT2D eigenvalue weighted by molar-refractivity contribution is -0.167. The zero-order valence-electron chi connectivity index (χ0n) is 40.9. The molecule has 0 heterocycles. The van der Waals surface area contributed by atoms with Crippen molar-refractivity contribution in [3.63, 3.8) is 0 Å². The fraction of sp³-hybridized carbons (Fsp3) is 0.768. The molecule has 0 aliphatic carbocycles. The third-order valence-electron chi connectivity index (χ3n) is 11.2. The van der Waals surface area contributed by atoms with E-state index in [1.54, 1.807) is 0 Å². The zero-order chi connectivity index (χ0) is 45.1. The van der Waals surface area contributed by atoms with E-state index in [-0.39, 0.29) is 31.1 Å². The number of unbranched alkanes of at least 4 members (excludes halogenated alkanes) is 26. The van der Waals surface area contributed by atoms with Gasteiger partial charge in [-0.25, -0.2) is 0 Å². The van der Waals surface area contributed by atoms with Crippen LogP contribution in [0.1, 0.15) is 258 Å². The van der Waals surface area contributed by atoms with E-state index in [0.29, 0.717) is 19.3 Å². The average Bonchev–Trinajstić information content (AvgIpc) is 3.27. The van der Waals surface area contributed by atoms with Gasteiger partial charge in [0.1, 0.15) is 13.2 Å². The van der Waals surface area contributed by atoms with E-state index in [1.165, 1.54) is 128 Å². The summed E-state index contributed by atoms with van der Waals surface area (Å²) >= 11 is 0. The molecule has 0 saturated heterocycles. The van der Waals surface area contributed by atoms with Gasteiger partial charge in [-0.2, -0.15) is 0 Å². The maximum absolute atomic E-state index is 12.8. The number of esters is 3. The molecule has 0 N–H and O–H groups in total. The van der Waals surface area contributed by atoms with Gasteiger partial charge in [0.15, 0.2) is 6.10 Å². The highest BCUT2D eigenvalue weighted by molar-refractivity contribution is 5.71. The molecule has 6 heteroatoms. The van der Waals surface area contributed by atoms with Gasteiger partial charge in [0.25, 0.3) is 0 Å². The molecule has 0 aliphatic rings. The van der Waals surface area contributed by atoms with Crippen LogP contribution in [0.15, 0.2) is 60.8 Å². The van der Waals surface area contributed by atoms with E-state index in [4.69, 9.17) is 14.2 Å². The molecule has 0 spiro atoms. The second kappa shape index (κ2) is 50.8. The lowest BCUT2D eigenvalue weighted by atomic mass is 10.1. The first kappa shape index (κ1) is 59.1. The SMILES string of the molecule is CCCCC/C=C\C/C=C\C/C=C\CCCCC(=O)OC[C@@H](COC(=O)CCCCCCC/C=C\CCCCCCC)OC(=O)CCCCCCC/C=C\CCCCCCCC. The summed E-state index contributed by atoms with van der Waals surface area (Å²) in [6.45, 7) is 6.55. The third-order valence-corrected chi connectivity index (χ3v) is 11.2. The molecule has 0 aromatic rings. The Bertz CT molecular complexity index is 1130. The minimum Gasteiger partial charge on any atom is -0.462 e. The summed E-state index contributed by atoms with van der Waals surface area (Å²) in [5, 5.41) is 0. The van der Waals surface area contributed by atoms with Crippen LogP contribution in [-0.2, 0) is 28.6 Å². The molecule has 0 amide bonds. The second-order valence-electron chi connectivity index (χ2n) is 17.4. The number of ether oxygens (including phenoxy) is 3. The van der Waals surface area contributed by atoms with Gasteiger partial charge in [-0.1, -0.05) is 191 Å². The largest absolute Gasteiger partial charge is 0.462 e. The van der Waals surface area contributed by atoms with Crippen LogP contribution in [0.2, 0.25) is 0 Å². The molecule has 0 rings (SSSR count). The van der Waals surface area contributed by atoms with Crippen molar-refractivity contribution in [2.45, 2.75) is 264 Å². The Morgan fingerprint density at radius 3 is 0.984 bits per heavy atom. The minimum atomic E-state index is -0.796. The fourth-order valence-electron chi connectivity index (χ4n) is 7.20. The molecule has 0 saturated carbocycles. The van der Waals surface area contributed by atoms with E-state index in [1.807, 2.05) is 0 Å². The van der Waals surface area contributed by atoms with Crippen molar-refractivity contribution < 1.29 is 28.6 Å². The van der Waals surface area contributed by atoms with E-state index < -0.39 is 6.10 Å². The molecule has 0 bridgehead atoms. The highest BCUT2D eigenvalue weighted by Crippen LogP contribution is 2.14. The Balaban J connectivity index is 4.46. The van der Waals surface area contributed by atoms with Crippen molar-refractivity contribution >= 4 is 17.9 Å². The van der Waals surface area contributed by atoms with Crippen LogP contribution >= 0.6 is 0 Å². The van der Waals surface area contributed by atoms with Crippen molar-refractivity contribution in [2.24, 2.45) is 0 Å². The summed E-state index contributed by atoms with van der Waals surface area (Å²) in [4.78, 5) is 38.0. The van der Waals surface area contributed by atoms with Gasteiger partial charge in [-0.15, -0.1) is 0 Å². The maximum Gasteiger partial charge on any atom is 0.306 e. The highest BCUT2D eigenvalue weighted by atomic mass is 16.6. The Labute approximate surface area is 383 Å². The Hall–Kier alpha value is -2.89. The summed E-state index contributed by atoms with van der Waals surface area (Å²) in [6, 6.07) is 0. The number of allylic oxidation sites excluding steroid dienone is 10. The predicted octanol–water partition coefficient (Wildman–Crippen LogP) is 17.3. The van der Waals surface area contributed by atoms with E-state index in [0.717, 1.165) is 89.9 Å². The molecule has 0 radical (unpaired) electrons. The zero-order valence-corrected chi connectivity index (χ0v) is 40.9. The molecule has 0 unspecified atom stereocenters. The molecule has 0 aliphatic heterocycles. The van der Waals surface area contributed by atoms with Crippen LogP contribution in [0.5, 0.6) is 0 Å². The molecule has 0 aromatic heterocycles. The molecule has 0 fully saturated rings. The van der Waals surface area contributed by atoms with Gasteiger partial charge in [0, 0.05) is 19.3 Å². The first-order valence-electron chi connectivity index (χ1n) is 26.3. The predicted molar refractivity (Wildman–Crippen MR) is 265 cm³/mol. The minimum absolute atomic E-state index is 0.0936. The summed E-state index contributed by atoms with van der Waals surface area (Å²) < 4.78 is 16.8. The standard InChI is InChI=1S/C56H98O6/c1-4-7-10-13-16-19-22-25-28-31-34-37-40-43-46-49-55(58)61-52-53(51-60-54(57)48-45-42-39-36-33-30-27-24-21-18-15-12-9-6-3)62-56(59)50-47-44-41-38-35-32-29-26-23-20-17-14-11-8-5-2/h16,19,24-29,34,37,53H,4-15,17-18,20-23,30-33,35-36,38-52H2,1-3H3/b19-16-,27-24-,28-25-,29-26-,37-34-/t53-/m1/s1.